The minimum Gasteiger partial charge on any atom is -0.359 e. The van der Waals surface area contributed by atoms with Crippen LogP contribution in [-0.2, 0) is 10.0 Å². The van der Waals surface area contributed by atoms with Crippen molar-refractivity contribution in [3.63, 3.8) is 0 Å². The van der Waals surface area contributed by atoms with Crippen LogP contribution in [0.5, 0.6) is 0 Å². The molecule has 2 aromatic heterocycles. The molecule has 6 nitrogen and oxygen atoms in total. The van der Waals surface area contributed by atoms with Crippen molar-refractivity contribution in [2.24, 2.45) is 0 Å². The van der Waals surface area contributed by atoms with Crippen LogP contribution < -0.4 is 4.72 Å². The summed E-state index contributed by atoms with van der Waals surface area (Å²) in [6.45, 7) is 0. The zero-order valence-electron chi connectivity index (χ0n) is 13.3. The van der Waals surface area contributed by atoms with E-state index < -0.39 is 10.0 Å². The third kappa shape index (κ3) is 2.27. The van der Waals surface area contributed by atoms with Crippen molar-refractivity contribution < 1.29 is 8.42 Å². The highest BCUT2D eigenvalue weighted by atomic mass is 32.2. The van der Waals surface area contributed by atoms with Crippen molar-refractivity contribution in [2.75, 3.05) is 4.72 Å². The monoisotopic (exact) mass is 380 g/mol. The van der Waals surface area contributed by atoms with E-state index in [0.717, 1.165) is 28.0 Å². The van der Waals surface area contributed by atoms with Gasteiger partial charge in [0.15, 0.2) is 0 Å². The van der Waals surface area contributed by atoms with E-state index in [-0.39, 0.29) is 4.90 Å². The number of hydrogen-bond acceptors (Lipinski definition) is 5. The van der Waals surface area contributed by atoms with Crippen LogP contribution >= 0.6 is 11.7 Å². The minimum absolute atomic E-state index is 0.207. The summed E-state index contributed by atoms with van der Waals surface area (Å²) in [6, 6.07) is 16.9. The lowest BCUT2D eigenvalue weighted by atomic mass is 10.1. The summed E-state index contributed by atoms with van der Waals surface area (Å²) in [5, 5.41) is 2.69. The normalized spacial score (nSPS) is 12.2. The van der Waals surface area contributed by atoms with E-state index in [2.05, 4.69) is 18.5 Å². The lowest BCUT2D eigenvalue weighted by Crippen LogP contribution is -2.12. The Morgan fingerprint density at radius 3 is 2.73 bits per heavy atom. The zero-order valence-corrected chi connectivity index (χ0v) is 14.9. The summed E-state index contributed by atoms with van der Waals surface area (Å²) in [4.78, 5) is 3.32. The van der Waals surface area contributed by atoms with Gasteiger partial charge in [0.05, 0.1) is 22.9 Å². The van der Waals surface area contributed by atoms with Gasteiger partial charge in [0.25, 0.3) is 10.0 Å². The molecule has 0 aliphatic carbocycles. The van der Waals surface area contributed by atoms with Crippen LogP contribution in [0, 0.1) is 0 Å². The highest BCUT2D eigenvalue weighted by molar-refractivity contribution is 7.93. The number of hydrogen-bond donors (Lipinski definition) is 2. The van der Waals surface area contributed by atoms with Crippen LogP contribution in [0.2, 0.25) is 0 Å². The molecule has 3 aromatic carbocycles. The maximum Gasteiger partial charge on any atom is 0.264 e. The molecule has 0 fully saturated rings. The number of anilines is 1. The lowest BCUT2D eigenvalue weighted by Gasteiger charge is -2.08. The first-order valence-electron chi connectivity index (χ1n) is 7.86. The van der Waals surface area contributed by atoms with Crippen molar-refractivity contribution in [3.05, 3.63) is 60.8 Å². The van der Waals surface area contributed by atoms with Crippen LogP contribution in [-0.4, -0.2) is 22.1 Å². The fourth-order valence-corrected chi connectivity index (χ4v) is 4.95. The molecule has 0 radical (unpaired) electrons. The largest absolute Gasteiger partial charge is 0.359 e. The summed E-state index contributed by atoms with van der Waals surface area (Å²) in [7, 11) is -3.78. The van der Waals surface area contributed by atoms with E-state index >= 15 is 0 Å². The van der Waals surface area contributed by atoms with Gasteiger partial charge in [-0.15, -0.1) is 0 Å². The van der Waals surface area contributed by atoms with Gasteiger partial charge in [-0.3, -0.25) is 4.72 Å². The maximum atomic E-state index is 13.0. The fourth-order valence-electron chi connectivity index (χ4n) is 3.16. The Bertz CT molecular complexity index is 1390. The molecule has 5 aromatic rings. The molecule has 2 heterocycles. The van der Waals surface area contributed by atoms with Crippen LogP contribution in [0.15, 0.2) is 65.7 Å². The Labute approximate surface area is 152 Å². The highest BCUT2D eigenvalue weighted by Crippen LogP contribution is 2.31. The molecule has 2 N–H and O–H groups in total. The number of nitrogens with zero attached hydrogens (tertiary/aromatic N) is 2. The average Bonchev–Trinajstić information content (AvgIpc) is 3.29. The van der Waals surface area contributed by atoms with Gasteiger partial charge in [-0.1, -0.05) is 42.5 Å². The lowest BCUT2D eigenvalue weighted by molar-refractivity contribution is 0.602. The molecular weight excluding hydrogens is 368 g/mol. The molecule has 0 aliphatic rings. The number of H-pyrrole nitrogens is 1. The first-order valence-corrected chi connectivity index (χ1v) is 10.1. The second kappa shape index (κ2) is 5.52. The molecular formula is C18H12N4O2S2. The van der Waals surface area contributed by atoms with E-state index in [1.54, 1.807) is 18.2 Å². The van der Waals surface area contributed by atoms with Crippen molar-refractivity contribution >= 4 is 60.1 Å². The number of benzene rings is 3. The zero-order chi connectivity index (χ0) is 17.7. The Kier molecular flexibility index (Phi) is 3.25. The molecule has 8 heteroatoms. The first-order chi connectivity index (χ1) is 12.6. The second-order valence-electron chi connectivity index (χ2n) is 5.91. The second-order valence-corrected chi connectivity index (χ2v) is 8.08. The van der Waals surface area contributed by atoms with Crippen LogP contribution in [0.1, 0.15) is 0 Å². The van der Waals surface area contributed by atoms with Crippen molar-refractivity contribution in [2.45, 2.75) is 4.90 Å². The molecule has 0 amide bonds. The molecule has 0 atom stereocenters. The standard InChI is InChI=1S/C18H12N4O2S2/c23-26(24,22-15-7-3-6-14-18(15)21-25-20-14)16-10-19-17-12-5-2-1-4-11(12)8-9-13(16)17/h1-10,19,22H. The van der Waals surface area contributed by atoms with E-state index in [4.69, 9.17) is 0 Å². The number of aromatic amines is 1. The van der Waals surface area contributed by atoms with Crippen molar-refractivity contribution in [1.29, 1.82) is 0 Å². The number of rotatable bonds is 3. The Morgan fingerprint density at radius 2 is 1.81 bits per heavy atom. The van der Waals surface area contributed by atoms with E-state index in [0.29, 0.717) is 22.1 Å². The van der Waals surface area contributed by atoms with Crippen molar-refractivity contribution in [1.82, 2.24) is 13.7 Å². The summed E-state index contributed by atoms with van der Waals surface area (Å²) >= 11 is 1.05. The van der Waals surface area contributed by atoms with E-state index in [9.17, 15) is 8.42 Å². The van der Waals surface area contributed by atoms with Gasteiger partial charge in [0, 0.05) is 17.0 Å². The van der Waals surface area contributed by atoms with Gasteiger partial charge in [-0.05, 0) is 17.5 Å². The van der Waals surface area contributed by atoms with Gasteiger partial charge in [0.1, 0.15) is 15.9 Å². The minimum atomic E-state index is -3.78. The summed E-state index contributed by atoms with van der Waals surface area (Å²) < 4.78 is 37.0. The molecule has 0 bridgehead atoms. The molecule has 0 aliphatic heterocycles. The highest BCUT2D eigenvalue weighted by Gasteiger charge is 2.21. The Morgan fingerprint density at radius 1 is 0.923 bits per heavy atom. The molecule has 0 unspecified atom stereocenters. The summed E-state index contributed by atoms with van der Waals surface area (Å²) in [5.74, 6) is 0. The van der Waals surface area contributed by atoms with Gasteiger partial charge in [-0.25, -0.2) is 8.42 Å². The average molecular weight is 380 g/mol. The Hall–Kier alpha value is -2.97. The predicted molar refractivity (Wildman–Crippen MR) is 104 cm³/mol. The van der Waals surface area contributed by atoms with Gasteiger partial charge in [-0.2, -0.15) is 8.75 Å². The van der Waals surface area contributed by atoms with Crippen molar-refractivity contribution in [3.8, 4) is 0 Å². The SMILES string of the molecule is O=S(=O)(Nc1cccc2nsnc12)c1c[nH]c2c1ccc1ccccc12. The molecule has 0 saturated heterocycles. The summed E-state index contributed by atoms with van der Waals surface area (Å²) in [6.07, 6.45) is 1.53. The van der Waals surface area contributed by atoms with Crippen LogP contribution in [0.3, 0.4) is 0 Å². The molecule has 0 saturated carbocycles. The summed E-state index contributed by atoms with van der Waals surface area (Å²) in [5.41, 5.74) is 2.44. The van der Waals surface area contributed by atoms with E-state index in [1.165, 1.54) is 6.20 Å². The Balaban J connectivity index is 1.67. The quantitative estimate of drug-likeness (QED) is 0.493. The number of fused-ring (bicyclic) bond motifs is 4. The van der Waals surface area contributed by atoms with Gasteiger partial charge in [0.2, 0.25) is 0 Å². The van der Waals surface area contributed by atoms with Crippen LogP contribution in [0.25, 0.3) is 32.7 Å². The smallest absolute Gasteiger partial charge is 0.264 e. The molecule has 0 spiro atoms. The number of aromatic nitrogens is 3. The number of sulfonamides is 1. The fraction of sp³-hybridized carbons (Fsp3) is 0. The molecule has 5 rings (SSSR count). The third-order valence-corrected chi connectivity index (χ3v) is 6.31. The first kappa shape index (κ1) is 15.3. The number of nitrogens with one attached hydrogen (secondary N) is 2. The molecule has 128 valence electrons. The predicted octanol–water partition coefficient (Wildman–Crippen LogP) is 4.13. The third-order valence-electron chi connectivity index (χ3n) is 4.36. The topological polar surface area (TPSA) is 87.7 Å². The van der Waals surface area contributed by atoms with Crippen LogP contribution in [0.4, 0.5) is 5.69 Å². The van der Waals surface area contributed by atoms with Gasteiger partial charge >= 0.3 is 0 Å². The van der Waals surface area contributed by atoms with Gasteiger partial charge < -0.3 is 4.98 Å². The van der Waals surface area contributed by atoms with E-state index in [1.807, 2.05) is 36.4 Å². The molecule has 26 heavy (non-hydrogen) atoms. The maximum absolute atomic E-state index is 13.0.